The van der Waals surface area contributed by atoms with Crippen LogP contribution >= 0.6 is 0 Å². The number of aliphatic hydroxyl groups excluding tert-OH is 1. The number of hydrogen-bond donors (Lipinski definition) is 2. The number of hydrogen-bond acceptors (Lipinski definition) is 4. The highest BCUT2D eigenvalue weighted by Crippen LogP contribution is 2.34. The van der Waals surface area contributed by atoms with E-state index >= 15 is 0 Å². The fourth-order valence-corrected chi connectivity index (χ4v) is 3.68. The van der Waals surface area contributed by atoms with Crippen LogP contribution in [0.1, 0.15) is 51.4 Å². The zero-order valence-corrected chi connectivity index (χ0v) is 11.7. The molecule has 4 atom stereocenters. The minimum absolute atomic E-state index is 0.384. The Bertz CT molecular complexity index is 281. The van der Waals surface area contributed by atoms with Crippen LogP contribution < -0.4 is 5.32 Å². The van der Waals surface area contributed by atoms with Gasteiger partial charge in [-0.2, -0.15) is 0 Å². The van der Waals surface area contributed by atoms with Crippen LogP contribution in [0, 0.1) is 0 Å². The molecule has 19 heavy (non-hydrogen) atoms. The molecule has 0 radical (unpaired) electrons. The summed E-state index contributed by atoms with van der Waals surface area (Å²) in [4.78, 5) is 0. The van der Waals surface area contributed by atoms with Gasteiger partial charge in [0.2, 0.25) is 0 Å². The van der Waals surface area contributed by atoms with Crippen molar-refractivity contribution in [2.45, 2.75) is 81.8 Å². The molecule has 4 unspecified atom stereocenters. The molecule has 0 amide bonds. The van der Waals surface area contributed by atoms with Gasteiger partial charge in [0.15, 0.2) is 0 Å². The van der Waals surface area contributed by atoms with Crippen molar-refractivity contribution < 1.29 is 14.6 Å². The van der Waals surface area contributed by atoms with Crippen LogP contribution in [0.25, 0.3) is 0 Å². The Kier molecular flexibility index (Phi) is 4.74. The van der Waals surface area contributed by atoms with Gasteiger partial charge < -0.3 is 19.9 Å². The SMILES string of the molecule is OC(CNC1CC2CCC1O2)COC1CCCCC1. The Morgan fingerprint density at radius 3 is 2.68 bits per heavy atom. The fourth-order valence-electron chi connectivity index (χ4n) is 3.68. The van der Waals surface area contributed by atoms with Gasteiger partial charge in [-0.05, 0) is 32.1 Å². The molecule has 4 nitrogen and oxygen atoms in total. The third kappa shape index (κ3) is 3.69. The van der Waals surface area contributed by atoms with Gasteiger partial charge in [-0.3, -0.25) is 0 Å². The quantitative estimate of drug-likeness (QED) is 0.769. The minimum atomic E-state index is -0.388. The topological polar surface area (TPSA) is 50.7 Å². The van der Waals surface area contributed by atoms with Gasteiger partial charge in [-0.1, -0.05) is 19.3 Å². The predicted octanol–water partition coefficient (Wildman–Crippen LogP) is 1.61. The molecule has 1 aliphatic carbocycles. The first kappa shape index (κ1) is 13.8. The Morgan fingerprint density at radius 1 is 1.16 bits per heavy atom. The first-order valence-corrected chi connectivity index (χ1v) is 8.00. The molecule has 3 aliphatic rings. The van der Waals surface area contributed by atoms with E-state index in [1.165, 1.54) is 44.9 Å². The highest BCUT2D eigenvalue weighted by atomic mass is 16.5. The fraction of sp³-hybridized carbons (Fsp3) is 1.00. The standard InChI is InChI=1S/C15H27NO3/c17-11(10-18-12-4-2-1-3-5-12)9-16-14-8-13-6-7-15(14)19-13/h11-17H,1-10H2. The van der Waals surface area contributed by atoms with E-state index in [2.05, 4.69) is 5.32 Å². The maximum absolute atomic E-state index is 9.98. The molecule has 0 aromatic rings. The summed E-state index contributed by atoms with van der Waals surface area (Å²) in [6.07, 6.45) is 10.6. The lowest BCUT2D eigenvalue weighted by molar-refractivity contribution is -0.0241. The van der Waals surface area contributed by atoms with Crippen molar-refractivity contribution in [3.63, 3.8) is 0 Å². The molecule has 2 saturated heterocycles. The lowest BCUT2D eigenvalue weighted by Gasteiger charge is -2.25. The highest BCUT2D eigenvalue weighted by Gasteiger charge is 2.40. The Labute approximate surface area is 115 Å². The van der Waals surface area contributed by atoms with E-state index in [1.54, 1.807) is 0 Å². The normalized spacial score (nSPS) is 36.8. The van der Waals surface area contributed by atoms with Crippen LogP contribution in [0.15, 0.2) is 0 Å². The van der Waals surface area contributed by atoms with Crippen molar-refractivity contribution in [3.05, 3.63) is 0 Å². The summed E-state index contributed by atoms with van der Waals surface area (Å²) in [5.74, 6) is 0. The van der Waals surface area contributed by atoms with E-state index in [4.69, 9.17) is 9.47 Å². The summed E-state index contributed by atoms with van der Waals surface area (Å²) in [5, 5.41) is 13.4. The van der Waals surface area contributed by atoms with Gasteiger partial charge in [0, 0.05) is 12.6 Å². The highest BCUT2D eigenvalue weighted by molar-refractivity contribution is 4.94. The summed E-state index contributed by atoms with van der Waals surface area (Å²) in [6, 6.07) is 0.447. The number of fused-ring (bicyclic) bond motifs is 2. The predicted molar refractivity (Wildman–Crippen MR) is 73.1 cm³/mol. The van der Waals surface area contributed by atoms with Crippen LogP contribution in [-0.2, 0) is 9.47 Å². The first-order valence-electron chi connectivity index (χ1n) is 8.00. The van der Waals surface area contributed by atoms with Crippen LogP contribution in [0.5, 0.6) is 0 Å². The van der Waals surface area contributed by atoms with E-state index in [9.17, 15) is 5.11 Å². The Morgan fingerprint density at radius 2 is 2.00 bits per heavy atom. The zero-order valence-electron chi connectivity index (χ0n) is 11.7. The molecule has 2 N–H and O–H groups in total. The number of ether oxygens (including phenoxy) is 2. The second-order valence-corrected chi connectivity index (χ2v) is 6.37. The molecule has 3 fully saturated rings. The number of nitrogens with one attached hydrogen (secondary N) is 1. The smallest absolute Gasteiger partial charge is 0.0897 e. The number of rotatable bonds is 6. The van der Waals surface area contributed by atoms with Crippen molar-refractivity contribution in [1.82, 2.24) is 5.32 Å². The van der Waals surface area contributed by atoms with E-state index in [1.807, 2.05) is 0 Å². The Hall–Kier alpha value is -0.160. The van der Waals surface area contributed by atoms with Gasteiger partial charge >= 0.3 is 0 Å². The van der Waals surface area contributed by atoms with Gasteiger partial charge in [0.1, 0.15) is 0 Å². The summed E-state index contributed by atoms with van der Waals surface area (Å²) >= 11 is 0. The van der Waals surface area contributed by atoms with Crippen molar-refractivity contribution in [2.24, 2.45) is 0 Å². The largest absolute Gasteiger partial charge is 0.389 e. The number of aliphatic hydroxyl groups is 1. The molecule has 2 heterocycles. The summed E-state index contributed by atoms with van der Waals surface area (Å²) < 4.78 is 11.6. The summed E-state index contributed by atoms with van der Waals surface area (Å²) in [7, 11) is 0. The van der Waals surface area contributed by atoms with Crippen molar-refractivity contribution in [2.75, 3.05) is 13.2 Å². The molecule has 4 heteroatoms. The average Bonchev–Trinajstić information content (AvgIpc) is 3.06. The lowest BCUT2D eigenvalue weighted by atomic mass is 9.95. The zero-order chi connectivity index (χ0) is 13.1. The van der Waals surface area contributed by atoms with Gasteiger partial charge in [0.05, 0.1) is 31.0 Å². The van der Waals surface area contributed by atoms with Crippen LogP contribution in [0.4, 0.5) is 0 Å². The third-order valence-electron chi connectivity index (χ3n) is 4.80. The first-order chi connectivity index (χ1) is 9.31. The maximum Gasteiger partial charge on any atom is 0.0897 e. The molecule has 0 aromatic carbocycles. The average molecular weight is 269 g/mol. The van der Waals surface area contributed by atoms with Gasteiger partial charge in [0.25, 0.3) is 0 Å². The summed E-state index contributed by atoms with van der Waals surface area (Å²) in [6.45, 7) is 1.10. The third-order valence-corrected chi connectivity index (χ3v) is 4.80. The van der Waals surface area contributed by atoms with Crippen molar-refractivity contribution in [3.8, 4) is 0 Å². The van der Waals surface area contributed by atoms with Crippen LogP contribution in [-0.4, -0.2) is 48.7 Å². The molecule has 3 rings (SSSR count). The second kappa shape index (κ2) is 6.53. The molecule has 1 saturated carbocycles. The summed E-state index contributed by atoms with van der Waals surface area (Å²) in [5.41, 5.74) is 0. The van der Waals surface area contributed by atoms with E-state index < -0.39 is 0 Å². The van der Waals surface area contributed by atoms with Gasteiger partial charge in [-0.15, -0.1) is 0 Å². The van der Waals surface area contributed by atoms with Gasteiger partial charge in [-0.25, -0.2) is 0 Å². The van der Waals surface area contributed by atoms with E-state index in [0.29, 0.717) is 37.5 Å². The Balaban J connectivity index is 1.29. The molecular formula is C15H27NO3. The lowest BCUT2D eigenvalue weighted by Crippen LogP contribution is -2.42. The van der Waals surface area contributed by atoms with E-state index in [-0.39, 0.29) is 6.10 Å². The molecule has 0 spiro atoms. The van der Waals surface area contributed by atoms with Crippen molar-refractivity contribution >= 4 is 0 Å². The molecule has 0 aromatic heterocycles. The van der Waals surface area contributed by atoms with E-state index in [0.717, 1.165) is 6.42 Å². The maximum atomic E-state index is 9.98. The molecular weight excluding hydrogens is 242 g/mol. The van der Waals surface area contributed by atoms with Crippen LogP contribution in [0.3, 0.4) is 0 Å². The van der Waals surface area contributed by atoms with Crippen molar-refractivity contribution in [1.29, 1.82) is 0 Å². The second-order valence-electron chi connectivity index (χ2n) is 6.37. The van der Waals surface area contributed by atoms with Crippen LogP contribution in [0.2, 0.25) is 0 Å². The monoisotopic (exact) mass is 269 g/mol. The molecule has 2 bridgehead atoms. The molecule has 2 aliphatic heterocycles. The molecule has 110 valence electrons. The minimum Gasteiger partial charge on any atom is -0.389 e.